The maximum atomic E-state index is 12.8. The molecule has 0 amide bonds. The van der Waals surface area contributed by atoms with E-state index in [0.29, 0.717) is 7.11 Å². The lowest BCUT2D eigenvalue weighted by Crippen LogP contribution is -2.21. The number of hydrogen-bond donors (Lipinski definition) is 1. The van der Waals surface area contributed by atoms with Gasteiger partial charge in [0, 0.05) is 6.20 Å². The minimum absolute atomic E-state index is 0.106. The Hall–Kier alpha value is -2.20. The van der Waals surface area contributed by atoms with Gasteiger partial charge >= 0.3 is 18.5 Å². The van der Waals surface area contributed by atoms with Crippen LogP contribution in [0.2, 0.25) is 0 Å². The average Bonchev–Trinajstić information content (AvgIpc) is 2.24. The van der Waals surface area contributed by atoms with Crippen molar-refractivity contribution in [2.75, 3.05) is 7.11 Å². The van der Waals surface area contributed by atoms with Gasteiger partial charge in [0.25, 0.3) is 5.88 Å². The van der Waals surface area contributed by atoms with Gasteiger partial charge in [-0.15, -0.1) is 13.2 Å². The quantitative estimate of drug-likeness (QED) is 0.870. The summed E-state index contributed by atoms with van der Waals surface area (Å²) < 4.78 is 81.8. The number of carboxylic acids is 1. The number of carbonyl (C=O) groups is 1. The van der Waals surface area contributed by atoms with Gasteiger partial charge in [0.1, 0.15) is 5.56 Å². The maximum Gasteiger partial charge on any atom is 0.574 e. The van der Waals surface area contributed by atoms with E-state index in [4.69, 9.17) is 5.11 Å². The molecule has 1 N–H and O–H groups in total. The van der Waals surface area contributed by atoms with E-state index in [1.165, 1.54) is 0 Å². The van der Waals surface area contributed by atoms with Crippen LogP contribution in [0.15, 0.2) is 6.20 Å². The summed E-state index contributed by atoms with van der Waals surface area (Å²) >= 11 is 0. The van der Waals surface area contributed by atoms with Crippen LogP contribution in [0.5, 0.6) is 11.6 Å². The lowest BCUT2D eigenvalue weighted by atomic mass is 10.1. The first-order valence-electron chi connectivity index (χ1n) is 4.60. The first kappa shape index (κ1) is 15.9. The largest absolute Gasteiger partial charge is 0.574 e. The molecule has 0 radical (unpaired) electrons. The van der Waals surface area contributed by atoms with Gasteiger partial charge < -0.3 is 14.6 Å². The van der Waals surface area contributed by atoms with Crippen molar-refractivity contribution in [3.8, 4) is 11.6 Å². The summed E-state index contributed by atoms with van der Waals surface area (Å²) in [5.41, 5.74) is -3.27. The molecule has 1 aromatic heterocycles. The fourth-order valence-electron chi connectivity index (χ4n) is 1.29. The summed E-state index contributed by atoms with van der Waals surface area (Å²) in [5.74, 6) is -5.02. The molecule has 0 aliphatic heterocycles. The Labute approximate surface area is 106 Å². The third kappa shape index (κ3) is 3.42. The van der Waals surface area contributed by atoms with Crippen molar-refractivity contribution in [3.63, 3.8) is 0 Å². The van der Waals surface area contributed by atoms with E-state index in [1.807, 2.05) is 0 Å². The van der Waals surface area contributed by atoms with Crippen LogP contribution in [0.3, 0.4) is 0 Å². The van der Waals surface area contributed by atoms with E-state index in [0.717, 1.165) is 0 Å². The molecule has 20 heavy (non-hydrogen) atoms. The molecule has 0 atom stereocenters. The van der Waals surface area contributed by atoms with E-state index in [1.54, 1.807) is 0 Å². The van der Waals surface area contributed by atoms with Crippen LogP contribution < -0.4 is 9.47 Å². The van der Waals surface area contributed by atoms with Crippen LogP contribution in [0.1, 0.15) is 15.9 Å². The van der Waals surface area contributed by atoms with Crippen LogP contribution in [0.25, 0.3) is 0 Å². The topological polar surface area (TPSA) is 68.7 Å². The Kier molecular flexibility index (Phi) is 4.01. The molecule has 0 bridgehead atoms. The zero-order valence-corrected chi connectivity index (χ0v) is 9.46. The van der Waals surface area contributed by atoms with Crippen molar-refractivity contribution < 1.29 is 45.7 Å². The summed E-state index contributed by atoms with van der Waals surface area (Å²) in [6, 6.07) is 0. The zero-order chi connectivity index (χ0) is 15.7. The lowest BCUT2D eigenvalue weighted by Gasteiger charge is -2.17. The van der Waals surface area contributed by atoms with Crippen LogP contribution >= 0.6 is 0 Å². The van der Waals surface area contributed by atoms with E-state index >= 15 is 0 Å². The molecular weight excluding hydrogens is 300 g/mol. The number of methoxy groups -OCH3 is 1. The van der Waals surface area contributed by atoms with Crippen molar-refractivity contribution in [2.45, 2.75) is 12.5 Å². The third-order valence-corrected chi connectivity index (χ3v) is 1.93. The molecule has 11 heteroatoms. The van der Waals surface area contributed by atoms with Gasteiger partial charge in [0.05, 0.1) is 12.7 Å². The molecule has 0 aromatic carbocycles. The second-order valence-corrected chi connectivity index (χ2v) is 3.24. The Bertz CT molecular complexity index is 524. The summed E-state index contributed by atoms with van der Waals surface area (Å²) in [6.07, 6.45) is -10.5. The number of carboxylic acid groups (broad SMARTS) is 1. The van der Waals surface area contributed by atoms with Crippen LogP contribution in [0, 0.1) is 0 Å². The molecule has 112 valence electrons. The predicted octanol–water partition coefficient (Wildman–Crippen LogP) is 2.71. The van der Waals surface area contributed by atoms with Gasteiger partial charge in [-0.2, -0.15) is 13.2 Å². The fourth-order valence-corrected chi connectivity index (χ4v) is 1.29. The monoisotopic (exact) mass is 305 g/mol. The second-order valence-electron chi connectivity index (χ2n) is 3.24. The molecule has 0 fully saturated rings. The van der Waals surface area contributed by atoms with Gasteiger partial charge in [-0.05, 0) is 0 Å². The standard InChI is InChI=1S/C9H5F6NO4/c1-19-5-4(8(10,11)12)3(7(17)18)2-16-6(5)20-9(13,14)15/h2H,1H3,(H,17,18). The molecule has 0 aliphatic rings. The van der Waals surface area contributed by atoms with Gasteiger partial charge in [-0.25, -0.2) is 9.78 Å². The number of nitrogens with zero attached hydrogens (tertiary/aromatic N) is 1. The lowest BCUT2D eigenvalue weighted by molar-refractivity contribution is -0.276. The second kappa shape index (κ2) is 5.06. The molecule has 0 spiro atoms. The van der Waals surface area contributed by atoms with Crippen molar-refractivity contribution >= 4 is 5.97 Å². The number of aromatic carboxylic acids is 1. The van der Waals surface area contributed by atoms with Crippen molar-refractivity contribution in [1.82, 2.24) is 4.98 Å². The van der Waals surface area contributed by atoms with Gasteiger partial charge in [0.2, 0.25) is 0 Å². The first-order valence-corrected chi connectivity index (χ1v) is 4.60. The highest BCUT2D eigenvalue weighted by Gasteiger charge is 2.43. The molecule has 0 unspecified atom stereocenters. The van der Waals surface area contributed by atoms with Crippen LogP contribution in [-0.2, 0) is 6.18 Å². The van der Waals surface area contributed by atoms with Crippen molar-refractivity contribution in [1.29, 1.82) is 0 Å². The molecule has 1 heterocycles. The van der Waals surface area contributed by atoms with Crippen molar-refractivity contribution in [2.24, 2.45) is 0 Å². The predicted molar refractivity (Wildman–Crippen MR) is 49.4 cm³/mol. The molecule has 5 nitrogen and oxygen atoms in total. The highest BCUT2D eigenvalue weighted by atomic mass is 19.4. The van der Waals surface area contributed by atoms with E-state index in [2.05, 4.69) is 14.5 Å². The Morgan fingerprint density at radius 3 is 2.15 bits per heavy atom. The van der Waals surface area contributed by atoms with Gasteiger partial charge in [0.15, 0.2) is 5.75 Å². The third-order valence-electron chi connectivity index (χ3n) is 1.93. The number of rotatable bonds is 3. The number of pyridine rings is 1. The summed E-state index contributed by atoms with van der Waals surface area (Å²) in [7, 11) is 0.626. The van der Waals surface area contributed by atoms with E-state index < -0.39 is 41.3 Å². The zero-order valence-electron chi connectivity index (χ0n) is 9.46. The minimum Gasteiger partial charge on any atom is -0.491 e. The Morgan fingerprint density at radius 2 is 1.80 bits per heavy atom. The SMILES string of the molecule is COc1c(OC(F)(F)F)ncc(C(=O)O)c1C(F)(F)F. The highest BCUT2D eigenvalue weighted by Crippen LogP contribution is 2.43. The van der Waals surface area contributed by atoms with Crippen LogP contribution in [-0.4, -0.2) is 29.5 Å². The molecule has 1 aromatic rings. The Balaban J connectivity index is 3.57. The normalized spacial score (nSPS) is 12.2. The number of halogens is 6. The van der Waals surface area contributed by atoms with E-state index in [9.17, 15) is 31.1 Å². The first-order chi connectivity index (χ1) is 8.97. The summed E-state index contributed by atoms with van der Waals surface area (Å²) in [5, 5.41) is 8.61. The molecule has 0 saturated carbocycles. The molecule has 0 saturated heterocycles. The Morgan fingerprint density at radius 1 is 1.25 bits per heavy atom. The number of hydrogen-bond acceptors (Lipinski definition) is 4. The van der Waals surface area contributed by atoms with E-state index in [-0.39, 0.29) is 6.20 Å². The minimum atomic E-state index is -5.31. The van der Waals surface area contributed by atoms with Crippen molar-refractivity contribution in [3.05, 3.63) is 17.3 Å². The smallest absolute Gasteiger partial charge is 0.491 e. The van der Waals surface area contributed by atoms with Gasteiger partial charge in [-0.1, -0.05) is 0 Å². The number of alkyl halides is 6. The number of ether oxygens (including phenoxy) is 2. The fraction of sp³-hybridized carbons (Fsp3) is 0.333. The summed E-state index contributed by atoms with van der Waals surface area (Å²) in [6.45, 7) is 0. The maximum absolute atomic E-state index is 12.8. The average molecular weight is 305 g/mol. The number of aromatic nitrogens is 1. The molecule has 1 rings (SSSR count). The summed E-state index contributed by atoms with van der Waals surface area (Å²) in [4.78, 5) is 13.6. The molecular formula is C9H5F6NO4. The molecule has 0 aliphatic carbocycles. The van der Waals surface area contributed by atoms with Gasteiger partial charge in [-0.3, -0.25) is 0 Å². The van der Waals surface area contributed by atoms with Crippen LogP contribution in [0.4, 0.5) is 26.3 Å². The highest BCUT2D eigenvalue weighted by molar-refractivity contribution is 5.90.